The molecule has 6 nitrogen and oxygen atoms in total. The Morgan fingerprint density at radius 1 is 1.00 bits per heavy atom. The Morgan fingerprint density at radius 3 is 2.50 bits per heavy atom. The predicted octanol–water partition coefficient (Wildman–Crippen LogP) is 3.00. The molecule has 0 radical (unpaired) electrons. The van der Waals surface area contributed by atoms with Gasteiger partial charge in [0.2, 0.25) is 0 Å². The summed E-state index contributed by atoms with van der Waals surface area (Å²) < 4.78 is 0. The van der Waals surface area contributed by atoms with Gasteiger partial charge in [-0.1, -0.05) is 24.3 Å². The number of aromatic amines is 1. The number of amides is 1. The van der Waals surface area contributed by atoms with E-state index in [-0.39, 0.29) is 17.6 Å². The topological polar surface area (TPSA) is 83.6 Å². The van der Waals surface area contributed by atoms with Crippen LogP contribution in [0.25, 0.3) is 22.1 Å². The molecule has 2 N–H and O–H groups in total. The molecule has 0 aliphatic rings. The van der Waals surface area contributed by atoms with Crippen LogP contribution in [0.15, 0.2) is 54.7 Å². The van der Waals surface area contributed by atoms with Crippen LogP contribution in [0.4, 0.5) is 0 Å². The molecule has 0 aliphatic carbocycles. The first-order valence-electron chi connectivity index (χ1n) is 7.68. The molecule has 24 heavy (non-hydrogen) atoms. The molecule has 6 heteroatoms. The highest BCUT2D eigenvalue weighted by Crippen LogP contribution is 2.16. The zero-order chi connectivity index (χ0) is 16.5. The van der Waals surface area contributed by atoms with Gasteiger partial charge in [0, 0.05) is 0 Å². The number of aromatic nitrogens is 4. The molecule has 0 fully saturated rings. The number of carbonyl (C=O) groups is 1. The summed E-state index contributed by atoms with van der Waals surface area (Å²) in [5, 5.41) is 2.90. The number of hydrogen-bond donors (Lipinski definition) is 2. The third-order valence-corrected chi connectivity index (χ3v) is 3.85. The highest BCUT2D eigenvalue weighted by atomic mass is 16.1. The number of hydrogen-bond acceptors (Lipinski definition) is 4. The first kappa shape index (κ1) is 14.3. The van der Waals surface area contributed by atoms with Gasteiger partial charge in [0.05, 0.1) is 34.3 Å². The molecule has 2 aromatic carbocycles. The Morgan fingerprint density at radius 2 is 1.71 bits per heavy atom. The minimum atomic E-state index is -0.277. The number of benzene rings is 2. The zero-order valence-corrected chi connectivity index (χ0v) is 13.0. The Hall–Kier alpha value is -3.28. The van der Waals surface area contributed by atoms with E-state index < -0.39 is 0 Å². The van der Waals surface area contributed by atoms with Crippen LogP contribution in [-0.2, 0) is 0 Å². The second-order valence-corrected chi connectivity index (χ2v) is 5.58. The Kier molecular flexibility index (Phi) is 3.42. The molecule has 4 rings (SSSR count). The number of fused-ring (bicyclic) bond motifs is 2. The Bertz CT molecular complexity index is 1010. The van der Waals surface area contributed by atoms with E-state index in [0.29, 0.717) is 11.3 Å². The van der Waals surface area contributed by atoms with E-state index in [1.165, 1.54) is 6.20 Å². The lowest BCUT2D eigenvalue weighted by atomic mass is 10.2. The maximum atomic E-state index is 12.4. The largest absolute Gasteiger partial charge is 0.341 e. The summed E-state index contributed by atoms with van der Waals surface area (Å²) in [6.07, 6.45) is 1.49. The summed E-state index contributed by atoms with van der Waals surface area (Å²) in [6.45, 7) is 1.88. The SMILES string of the molecule is C[C@@H](NC(=O)c1cnc2ccccc2n1)c1nc2ccccc2[nH]1. The maximum Gasteiger partial charge on any atom is 0.272 e. The van der Waals surface area contributed by atoms with E-state index in [1.807, 2.05) is 55.5 Å². The molecule has 2 aromatic heterocycles. The van der Waals surface area contributed by atoms with Crippen molar-refractivity contribution in [1.29, 1.82) is 0 Å². The van der Waals surface area contributed by atoms with Crippen LogP contribution in [-0.4, -0.2) is 25.8 Å². The molecule has 0 saturated carbocycles. The average Bonchev–Trinajstić information content (AvgIpc) is 3.05. The van der Waals surface area contributed by atoms with Gasteiger partial charge in [0.15, 0.2) is 0 Å². The number of H-pyrrole nitrogens is 1. The van der Waals surface area contributed by atoms with Gasteiger partial charge < -0.3 is 10.3 Å². The molecule has 1 atom stereocenters. The number of rotatable bonds is 3. The fourth-order valence-corrected chi connectivity index (χ4v) is 2.58. The van der Waals surface area contributed by atoms with Crippen LogP contribution in [0, 0.1) is 0 Å². The van der Waals surface area contributed by atoms with Crippen LogP contribution in [0.2, 0.25) is 0 Å². The summed E-state index contributed by atoms with van der Waals surface area (Å²) in [5.74, 6) is 0.430. The molecule has 118 valence electrons. The molecule has 0 unspecified atom stereocenters. The Labute approximate surface area is 138 Å². The normalized spacial score (nSPS) is 12.4. The number of para-hydroxylation sites is 4. The fraction of sp³-hybridized carbons (Fsp3) is 0.111. The molecule has 1 amide bonds. The summed E-state index contributed by atoms with van der Waals surface area (Å²) in [5.41, 5.74) is 3.57. The van der Waals surface area contributed by atoms with Crippen molar-refractivity contribution in [2.75, 3.05) is 0 Å². The predicted molar refractivity (Wildman–Crippen MR) is 91.5 cm³/mol. The summed E-state index contributed by atoms with van der Waals surface area (Å²) in [4.78, 5) is 28.8. The highest BCUT2D eigenvalue weighted by molar-refractivity contribution is 5.94. The molecule has 0 saturated heterocycles. The maximum absolute atomic E-state index is 12.4. The van der Waals surface area contributed by atoms with Gasteiger partial charge in [-0.25, -0.2) is 9.97 Å². The highest BCUT2D eigenvalue weighted by Gasteiger charge is 2.16. The minimum Gasteiger partial charge on any atom is -0.341 e. The Balaban J connectivity index is 1.57. The summed E-state index contributed by atoms with van der Waals surface area (Å²) in [6, 6.07) is 14.9. The second kappa shape index (κ2) is 5.73. The van der Waals surface area contributed by atoms with Crippen molar-refractivity contribution in [1.82, 2.24) is 25.3 Å². The van der Waals surface area contributed by atoms with Crippen molar-refractivity contribution in [3.63, 3.8) is 0 Å². The van der Waals surface area contributed by atoms with Crippen LogP contribution in [0.1, 0.15) is 29.3 Å². The number of nitrogens with one attached hydrogen (secondary N) is 2. The van der Waals surface area contributed by atoms with Gasteiger partial charge >= 0.3 is 0 Å². The first-order valence-corrected chi connectivity index (χ1v) is 7.68. The molecule has 0 bridgehead atoms. The van der Waals surface area contributed by atoms with E-state index in [0.717, 1.165) is 16.6 Å². The number of imidazole rings is 1. The molecule has 4 aromatic rings. The van der Waals surface area contributed by atoms with Crippen molar-refractivity contribution < 1.29 is 4.79 Å². The monoisotopic (exact) mass is 317 g/mol. The third kappa shape index (κ3) is 2.58. The van der Waals surface area contributed by atoms with Crippen molar-refractivity contribution >= 4 is 28.0 Å². The lowest BCUT2D eigenvalue weighted by molar-refractivity contribution is 0.0933. The van der Waals surface area contributed by atoms with Gasteiger partial charge in [0.1, 0.15) is 11.5 Å². The van der Waals surface area contributed by atoms with E-state index >= 15 is 0 Å². The molecule has 0 aliphatic heterocycles. The van der Waals surface area contributed by atoms with Crippen molar-refractivity contribution in [2.24, 2.45) is 0 Å². The van der Waals surface area contributed by atoms with E-state index in [2.05, 4.69) is 25.3 Å². The minimum absolute atomic E-state index is 0.266. The van der Waals surface area contributed by atoms with Gasteiger partial charge in [-0.05, 0) is 31.2 Å². The molecular formula is C18H15N5O. The number of carbonyl (C=O) groups excluding carboxylic acids is 1. The second-order valence-electron chi connectivity index (χ2n) is 5.58. The fourth-order valence-electron chi connectivity index (χ4n) is 2.58. The smallest absolute Gasteiger partial charge is 0.272 e. The molecule has 2 heterocycles. The zero-order valence-electron chi connectivity index (χ0n) is 13.0. The quantitative estimate of drug-likeness (QED) is 0.608. The van der Waals surface area contributed by atoms with Gasteiger partial charge in [-0.3, -0.25) is 9.78 Å². The van der Waals surface area contributed by atoms with Crippen LogP contribution in [0.3, 0.4) is 0 Å². The van der Waals surface area contributed by atoms with Gasteiger partial charge in [-0.15, -0.1) is 0 Å². The third-order valence-electron chi connectivity index (χ3n) is 3.85. The number of nitrogens with zero attached hydrogens (tertiary/aromatic N) is 3. The van der Waals surface area contributed by atoms with Crippen LogP contribution >= 0.6 is 0 Å². The van der Waals surface area contributed by atoms with Crippen LogP contribution < -0.4 is 5.32 Å². The van der Waals surface area contributed by atoms with E-state index in [1.54, 1.807) is 0 Å². The molecule has 0 spiro atoms. The van der Waals surface area contributed by atoms with Crippen LogP contribution in [0.5, 0.6) is 0 Å². The van der Waals surface area contributed by atoms with Crippen molar-refractivity contribution in [3.8, 4) is 0 Å². The lowest BCUT2D eigenvalue weighted by Crippen LogP contribution is -2.28. The van der Waals surface area contributed by atoms with Gasteiger partial charge in [-0.2, -0.15) is 0 Å². The van der Waals surface area contributed by atoms with E-state index in [9.17, 15) is 4.79 Å². The lowest BCUT2D eigenvalue weighted by Gasteiger charge is -2.11. The standard InChI is InChI=1S/C18H15N5O/c1-11(17-22-14-8-4-5-9-15(14)23-17)20-18(24)16-10-19-12-6-2-3-7-13(12)21-16/h2-11H,1H3,(H,20,24)(H,22,23)/t11-/m1/s1. The summed E-state index contributed by atoms with van der Waals surface area (Å²) >= 11 is 0. The first-order chi connectivity index (χ1) is 11.7. The van der Waals surface area contributed by atoms with Crippen molar-refractivity contribution in [2.45, 2.75) is 13.0 Å². The van der Waals surface area contributed by atoms with Gasteiger partial charge in [0.25, 0.3) is 5.91 Å². The average molecular weight is 317 g/mol. The van der Waals surface area contributed by atoms with E-state index in [4.69, 9.17) is 0 Å². The summed E-state index contributed by atoms with van der Waals surface area (Å²) in [7, 11) is 0. The molecular weight excluding hydrogens is 302 g/mol. The van der Waals surface area contributed by atoms with Crippen molar-refractivity contribution in [3.05, 3.63) is 66.2 Å².